The Morgan fingerprint density at radius 2 is 2.08 bits per heavy atom. The van der Waals surface area contributed by atoms with Gasteiger partial charge in [0, 0.05) is 18.9 Å². The molecule has 1 heterocycles. The van der Waals surface area contributed by atoms with Gasteiger partial charge in [-0.05, 0) is 52.4 Å². The number of rotatable bonds is 8. The van der Waals surface area contributed by atoms with Crippen molar-refractivity contribution >= 4 is 5.97 Å². The molecular formula is C20H33N3O3. The Bertz CT molecular complexity index is 570. The van der Waals surface area contributed by atoms with Crippen LogP contribution in [0.1, 0.15) is 65.7 Å². The lowest BCUT2D eigenvalue weighted by Gasteiger charge is -2.25. The predicted molar refractivity (Wildman–Crippen MR) is 101 cm³/mol. The smallest absolute Gasteiger partial charge is 0.337 e. The summed E-state index contributed by atoms with van der Waals surface area (Å²) >= 11 is 0. The van der Waals surface area contributed by atoms with E-state index in [1.165, 1.54) is 37.7 Å². The molecule has 0 amide bonds. The maximum Gasteiger partial charge on any atom is 0.337 e. The summed E-state index contributed by atoms with van der Waals surface area (Å²) < 4.78 is 7.48. The van der Waals surface area contributed by atoms with Crippen LogP contribution in [0, 0.1) is 5.92 Å². The van der Waals surface area contributed by atoms with Crippen LogP contribution in [0.2, 0.25) is 0 Å². The quantitative estimate of drug-likeness (QED) is 0.432. The van der Waals surface area contributed by atoms with Crippen molar-refractivity contribution in [2.45, 2.75) is 84.0 Å². The van der Waals surface area contributed by atoms with Gasteiger partial charge in [-0.1, -0.05) is 30.9 Å². The van der Waals surface area contributed by atoms with Crippen molar-refractivity contribution in [1.82, 2.24) is 9.55 Å². The largest absolute Gasteiger partial charge is 0.458 e. The summed E-state index contributed by atoms with van der Waals surface area (Å²) in [5, 5.41) is 0. The monoisotopic (exact) mass is 363 g/mol. The SMILES string of the molecule is CC(C)(C)OC(=O)C(CCC=C(Cn1ccnc1)C1CCCCC1)ON. The minimum Gasteiger partial charge on any atom is -0.458 e. The number of ether oxygens (including phenoxy) is 1. The normalized spacial score (nSPS) is 17.9. The summed E-state index contributed by atoms with van der Waals surface area (Å²) in [6.07, 6.45) is 14.8. The van der Waals surface area contributed by atoms with Crippen LogP contribution in [0.3, 0.4) is 0 Å². The van der Waals surface area contributed by atoms with Gasteiger partial charge in [0.1, 0.15) is 5.60 Å². The number of hydrogen-bond acceptors (Lipinski definition) is 5. The van der Waals surface area contributed by atoms with Gasteiger partial charge in [-0.3, -0.25) is 4.84 Å². The molecule has 0 spiro atoms. The molecule has 146 valence electrons. The average molecular weight is 364 g/mol. The molecule has 6 heteroatoms. The highest BCUT2D eigenvalue weighted by Crippen LogP contribution is 2.31. The Kier molecular flexibility index (Phi) is 7.85. The second-order valence-electron chi connectivity index (χ2n) is 8.08. The third-order valence-corrected chi connectivity index (χ3v) is 4.72. The zero-order valence-electron chi connectivity index (χ0n) is 16.3. The van der Waals surface area contributed by atoms with Gasteiger partial charge in [-0.25, -0.2) is 15.7 Å². The Morgan fingerprint density at radius 3 is 2.65 bits per heavy atom. The fraction of sp³-hybridized carbons (Fsp3) is 0.700. The minimum atomic E-state index is -0.730. The van der Waals surface area contributed by atoms with E-state index in [9.17, 15) is 4.79 Å². The molecule has 1 unspecified atom stereocenters. The molecule has 6 nitrogen and oxygen atoms in total. The number of imidazole rings is 1. The molecule has 1 aliphatic rings. The molecule has 0 aromatic carbocycles. The summed E-state index contributed by atoms with van der Waals surface area (Å²) in [5.74, 6) is 5.54. The highest BCUT2D eigenvalue weighted by atomic mass is 16.7. The molecule has 0 aliphatic heterocycles. The van der Waals surface area contributed by atoms with E-state index in [4.69, 9.17) is 15.5 Å². The number of aromatic nitrogens is 2. The second-order valence-corrected chi connectivity index (χ2v) is 8.08. The third kappa shape index (κ3) is 6.92. The number of esters is 1. The van der Waals surface area contributed by atoms with Crippen LogP contribution in [-0.4, -0.2) is 27.2 Å². The van der Waals surface area contributed by atoms with Gasteiger partial charge in [0.05, 0.1) is 6.33 Å². The standard InChI is InChI=1S/C20H33N3O3/c1-20(2,3)25-19(24)18(26-21)11-7-10-17(14-23-13-12-22-15-23)16-8-5-4-6-9-16/h10,12-13,15-16,18H,4-9,11,14,21H2,1-3H3. The molecule has 1 aromatic rings. The van der Waals surface area contributed by atoms with Crippen LogP contribution < -0.4 is 5.90 Å². The zero-order valence-corrected chi connectivity index (χ0v) is 16.3. The fourth-order valence-electron chi connectivity index (χ4n) is 3.45. The first-order valence-electron chi connectivity index (χ1n) is 9.62. The van der Waals surface area contributed by atoms with Crippen molar-refractivity contribution < 1.29 is 14.4 Å². The zero-order chi connectivity index (χ0) is 19.0. The number of hydrogen-bond donors (Lipinski definition) is 1. The van der Waals surface area contributed by atoms with Gasteiger partial charge in [-0.2, -0.15) is 0 Å². The molecule has 2 rings (SSSR count). The number of carbonyl (C=O) groups is 1. The highest BCUT2D eigenvalue weighted by Gasteiger charge is 2.25. The fourth-order valence-corrected chi connectivity index (χ4v) is 3.45. The van der Waals surface area contributed by atoms with Crippen molar-refractivity contribution in [3.8, 4) is 0 Å². The van der Waals surface area contributed by atoms with Gasteiger partial charge in [0.15, 0.2) is 6.10 Å². The molecule has 1 saturated carbocycles. The van der Waals surface area contributed by atoms with Gasteiger partial charge in [0.25, 0.3) is 0 Å². The summed E-state index contributed by atoms with van der Waals surface area (Å²) in [7, 11) is 0. The van der Waals surface area contributed by atoms with Crippen LogP contribution in [-0.2, 0) is 20.9 Å². The van der Waals surface area contributed by atoms with Crippen LogP contribution in [0.15, 0.2) is 30.4 Å². The Balaban J connectivity index is 1.97. The first kappa shape index (κ1) is 20.6. The third-order valence-electron chi connectivity index (χ3n) is 4.72. The number of nitrogens with two attached hydrogens (primary N) is 1. The van der Waals surface area contributed by atoms with Crippen LogP contribution in [0.4, 0.5) is 0 Å². The molecule has 0 bridgehead atoms. The lowest BCUT2D eigenvalue weighted by atomic mass is 9.83. The van der Waals surface area contributed by atoms with Gasteiger partial charge in [-0.15, -0.1) is 0 Å². The van der Waals surface area contributed by atoms with Crippen LogP contribution in [0.25, 0.3) is 0 Å². The van der Waals surface area contributed by atoms with Crippen molar-refractivity contribution in [2.24, 2.45) is 11.8 Å². The van der Waals surface area contributed by atoms with E-state index in [0.717, 1.165) is 13.0 Å². The molecule has 1 atom stereocenters. The van der Waals surface area contributed by atoms with E-state index >= 15 is 0 Å². The first-order valence-corrected chi connectivity index (χ1v) is 9.62. The van der Waals surface area contributed by atoms with E-state index in [1.54, 1.807) is 6.20 Å². The van der Waals surface area contributed by atoms with E-state index in [-0.39, 0.29) is 0 Å². The number of allylic oxidation sites excluding steroid dienone is 2. The van der Waals surface area contributed by atoms with E-state index in [1.807, 2.05) is 33.3 Å². The van der Waals surface area contributed by atoms with Gasteiger partial charge < -0.3 is 9.30 Å². The average Bonchev–Trinajstić information content (AvgIpc) is 3.10. The Hall–Kier alpha value is -1.66. The number of carbonyl (C=O) groups excluding carboxylic acids is 1. The van der Waals surface area contributed by atoms with Crippen molar-refractivity contribution in [3.05, 3.63) is 30.4 Å². The molecule has 1 aromatic heterocycles. The molecule has 0 saturated heterocycles. The highest BCUT2D eigenvalue weighted by molar-refractivity contribution is 5.75. The molecular weight excluding hydrogens is 330 g/mol. The summed E-state index contributed by atoms with van der Waals surface area (Å²) in [4.78, 5) is 21.2. The molecule has 26 heavy (non-hydrogen) atoms. The van der Waals surface area contributed by atoms with Gasteiger partial charge in [0.2, 0.25) is 0 Å². The number of nitrogens with zero attached hydrogens (tertiary/aromatic N) is 2. The topological polar surface area (TPSA) is 79.4 Å². The molecule has 1 aliphatic carbocycles. The Labute approximate surface area is 156 Å². The van der Waals surface area contributed by atoms with Crippen molar-refractivity contribution in [1.29, 1.82) is 0 Å². The molecule has 2 N–H and O–H groups in total. The van der Waals surface area contributed by atoms with Crippen LogP contribution in [0.5, 0.6) is 0 Å². The summed E-state index contributed by atoms with van der Waals surface area (Å²) in [6, 6.07) is 0. The lowest BCUT2D eigenvalue weighted by molar-refractivity contribution is -0.169. The van der Waals surface area contributed by atoms with Crippen LogP contribution >= 0.6 is 0 Å². The van der Waals surface area contributed by atoms with E-state index in [0.29, 0.717) is 12.3 Å². The Morgan fingerprint density at radius 1 is 1.35 bits per heavy atom. The summed E-state index contributed by atoms with van der Waals surface area (Å²) in [6.45, 7) is 6.37. The van der Waals surface area contributed by atoms with Crippen molar-refractivity contribution in [2.75, 3.05) is 0 Å². The first-order chi connectivity index (χ1) is 12.4. The minimum absolute atomic E-state index is 0.401. The maximum absolute atomic E-state index is 12.2. The molecule has 0 radical (unpaired) electrons. The van der Waals surface area contributed by atoms with E-state index in [2.05, 4.69) is 15.6 Å². The summed E-state index contributed by atoms with van der Waals surface area (Å²) in [5.41, 5.74) is 0.876. The van der Waals surface area contributed by atoms with Crippen molar-refractivity contribution in [3.63, 3.8) is 0 Å². The lowest BCUT2D eigenvalue weighted by Crippen LogP contribution is -2.35. The predicted octanol–water partition coefficient (Wildman–Crippen LogP) is 3.77. The van der Waals surface area contributed by atoms with E-state index < -0.39 is 17.7 Å². The maximum atomic E-state index is 12.2. The second kappa shape index (κ2) is 9.88. The molecule has 1 fully saturated rings. The van der Waals surface area contributed by atoms with Gasteiger partial charge >= 0.3 is 5.97 Å².